The Kier molecular flexibility index (Phi) is 4.65. The Bertz CT molecular complexity index is 443. The van der Waals surface area contributed by atoms with Gasteiger partial charge in [0.2, 0.25) is 5.91 Å². The van der Waals surface area contributed by atoms with E-state index in [0.717, 1.165) is 18.4 Å². The van der Waals surface area contributed by atoms with Crippen LogP contribution in [0, 0.1) is 0 Å². The number of carbonyl (C=O) groups is 1. The van der Waals surface area contributed by atoms with Gasteiger partial charge in [0.25, 0.3) is 0 Å². The molecule has 1 N–H and O–H groups in total. The van der Waals surface area contributed by atoms with Crippen molar-refractivity contribution >= 4 is 5.91 Å². The van der Waals surface area contributed by atoms with Crippen LogP contribution in [0.4, 0.5) is 13.2 Å². The summed E-state index contributed by atoms with van der Waals surface area (Å²) in [5, 5.41) is 2.16. The quantitative estimate of drug-likeness (QED) is 0.870. The fraction of sp³-hybridized carbons (Fsp3) is 0.500. The van der Waals surface area contributed by atoms with Crippen LogP contribution in [-0.2, 0) is 11.3 Å². The molecule has 1 aliphatic carbocycles. The number of nitrogens with zero attached hydrogens (tertiary/aromatic N) is 1. The van der Waals surface area contributed by atoms with E-state index in [-0.39, 0.29) is 18.5 Å². The highest BCUT2D eigenvalue weighted by Crippen LogP contribution is 2.28. The van der Waals surface area contributed by atoms with Crippen LogP contribution in [0.15, 0.2) is 30.3 Å². The van der Waals surface area contributed by atoms with E-state index in [1.807, 2.05) is 30.3 Å². The van der Waals surface area contributed by atoms with Gasteiger partial charge in [0.15, 0.2) is 0 Å². The maximum absolute atomic E-state index is 12.0. The van der Waals surface area contributed by atoms with E-state index in [9.17, 15) is 18.0 Å². The van der Waals surface area contributed by atoms with Crippen molar-refractivity contribution in [3.63, 3.8) is 0 Å². The van der Waals surface area contributed by atoms with Crippen molar-refractivity contribution in [1.29, 1.82) is 0 Å². The summed E-state index contributed by atoms with van der Waals surface area (Å²) >= 11 is 0. The number of alkyl halides is 3. The van der Waals surface area contributed by atoms with Gasteiger partial charge in [0.1, 0.15) is 0 Å². The number of halogens is 3. The molecule has 6 heteroatoms. The van der Waals surface area contributed by atoms with Crippen LogP contribution < -0.4 is 5.32 Å². The van der Waals surface area contributed by atoms with Crippen LogP contribution >= 0.6 is 0 Å². The third-order valence-corrected chi connectivity index (χ3v) is 3.11. The minimum atomic E-state index is -4.29. The van der Waals surface area contributed by atoms with E-state index < -0.39 is 12.7 Å². The van der Waals surface area contributed by atoms with Gasteiger partial charge < -0.3 is 10.2 Å². The first-order valence-corrected chi connectivity index (χ1v) is 6.56. The largest absolute Gasteiger partial charge is 0.401 e. The van der Waals surface area contributed by atoms with Crippen LogP contribution in [0.2, 0.25) is 0 Å². The molecule has 0 unspecified atom stereocenters. The van der Waals surface area contributed by atoms with E-state index in [0.29, 0.717) is 6.54 Å². The number of nitrogens with one attached hydrogen (secondary N) is 1. The summed E-state index contributed by atoms with van der Waals surface area (Å²) in [4.78, 5) is 13.7. The van der Waals surface area contributed by atoms with E-state index in [4.69, 9.17) is 0 Å². The van der Waals surface area contributed by atoms with Gasteiger partial charge in [0.05, 0.1) is 13.1 Å². The zero-order valence-corrected chi connectivity index (χ0v) is 11.0. The van der Waals surface area contributed by atoms with Gasteiger partial charge >= 0.3 is 6.18 Å². The average Bonchev–Trinajstić information content (AvgIpc) is 3.19. The second-order valence-electron chi connectivity index (χ2n) is 4.96. The number of rotatable bonds is 6. The molecule has 0 heterocycles. The molecule has 0 aromatic heterocycles. The molecule has 1 aromatic rings. The number of hydrogen-bond acceptors (Lipinski definition) is 2. The Morgan fingerprint density at radius 1 is 1.25 bits per heavy atom. The molecule has 0 saturated heterocycles. The lowest BCUT2D eigenvalue weighted by Gasteiger charge is -2.23. The van der Waals surface area contributed by atoms with Crippen molar-refractivity contribution in [3.05, 3.63) is 35.9 Å². The number of benzene rings is 1. The van der Waals surface area contributed by atoms with E-state index in [1.54, 1.807) is 4.90 Å². The van der Waals surface area contributed by atoms with Crippen LogP contribution in [0.5, 0.6) is 0 Å². The molecule has 20 heavy (non-hydrogen) atoms. The minimum absolute atomic E-state index is 0.176. The molecule has 110 valence electrons. The molecule has 1 saturated carbocycles. The van der Waals surface area contributed by atoms with Crippen molar-refractivity contribution in [1.82, 2.24) is 10.2 Å². The van der Waals surface area contributed by atoms with E-state index >= 15 is 0 Å². The lowest BCUT2D eigenvalue weighted by atomic mass is 10.2. The van der Waals surface area contributed by atoms with Gasteiger partial charge in [-0.1, -0.05) is 30.3 Å². The zero-order chi connectivity index (χ0) is 14.6. The number of amides is 1. The van der Waals surface area contributed by atoms with Crippen LogP contribution in [0.3, 0.4) is 0 Å². The molecule has 0 aliphatic heterocycles. The smallest absolute Gasteiger partial charge is 0.334 e. The van der Waals surface area contributed by atoms with Crippen LogP contribution in [-0.4, -0.2) is 36.1 Å². The highest BCUT2D eigenvalue weighted by atomic mass is 19.4. The highest BCUT2D eigenvalue weighted by Gasteiger charge is 2.33. The Balaban J connectivity index is 1.87. The number of hydrogen-bond donors (Lipinski definition) is 1. The molecular formula is C14H17F3N2O. The van der Waals surface area contributed by atoms with E-state index in [1.165, 1.54) is 0 Å². The van der Waals surface area contributed by atoms with Gasteiger partial charge in [-0.05, 0) is 18.4 Å². The summed E-state index contributed by atoms with van der Waals surface area (Å²) in [6.45, 7) is -0.955. The Hall–Kier alpha value is -1.56. The fourth-order valence-corrected chi connectivity index (χ4v) is 2.00. The monoisotopic (exact) mass is 286 g/mol. The lowest BCUT2D eigenvalue weighted by molar-refractivity contribution is -0.135. The number of carbonyl (C=O) groups excluding carboxylic acids is 1. The predicted molar refractivity (Wildman–Crippen MR) is 68.9 cm³/mol. The maximum Gasteiger partial charge on any atom is 0.401 e. The summed E-state index contributed by atoms with van der Waals surface area (Å²) in [7, 11) is 0. The molecule has 1 amide bonds. The molecule has 1 aromatic carbocycles. The van der Waals surface area contributed by atoms with Gasteiger partial charge in [0, 0.05) is 12.6 Å². The first-order chi connectivity index (χ1) is 9.46. The summed E-state index contributed by atoms with van der Waals surface area (Å²) in [6, 6.07) is 9.64. The second kappa shape index (κ2) is 6.26. The SMILES string of the molecule is O=C(CNCC(F)(F)F)N(Cc1ccccc1)C1CC1. The van der Waals surface area contributed by atoms with Gasteiger partial charge in [-0.25, -0.2) is 0 Å². The molecule has 0 atom stereocenters. The average molecular weight is 286 g/mol. The molecule has 2 rings (SSSR count). The summed E-state index contributed by atoms with van der Waals surface area (Å²) in [5.74, 6) is -0.277. The molecule has 0 spiro atoms. The molecular weight excluding hydrogens is 269 g/mol. The van der Waals surface area contributed by atoms with E-state index in [2.05, 4.69) is 5.32 Å². The van der Waals surface area contributed by atoms with Crippen LogP contribution in [0.25, 0.3) is 0 Å². The van der Waals surface area contributed by atoms with Crippen molar-refractivity contribution in [2.24, 2.45) is 0 Å². The Morgan fingerprint density at radius 3 is 2.45 bits per heavy atom. The first kappa shape index (κ1) is 14.8. The molecule has 1 aliphatic rings. The normalized spacial score (nSPS) is 15.2. The van der Waals surface area contributed by atoms with Crippen molar-refractivity contribution in [2.45, 2.75) is 31.6 Å². The second-order valence-corrected chi connectivity index (χ2v) is 4.96. The molecule has 1 fully saturated rings. The topological polar surface area (TPSA) is 32.3 Å². The lowest BCUT2D eigenvalue weighted by Crippen LogP contribution is -2.41. The summed E-state index contributed by atoms with van der Waals surface area (Å²) < 4.78 is 36.1. The molecule has 0 bridgehead atoms. The van der Waals surface area contributed by atoms with Crippen LogP contribution in [0.1, 0.15) is 18.4 Å². The van der Waals surface area contributed by atoms with Gasteiger partial charge in [-0.3, -0.25) is 4.79 Å². The van der Waals surface area contributed by atoms with Crippen molar-refractivity contribution < 1.29 is 18.0 Å². The summed E-state index contributed by atoms with van der Waals surface area (Å²) in [5.41, 5.74) is 0.989. The predicted octanol–water partition coefficient (Wildman–Crippen LogP) is 2.33. The molecule has 0 radical (unpaired) electrons. The van der Waals surface area contributed by atoms with Crippen molar-refractivity contribution in [2.75, 3.05) is 13.1 Å². The first-order valence-electron chi connectivity index (χ1n) is 6.56. The minimum Gasteiger partial charge on any atom is -0.334 e. The highest BCUT2D eigenvalue weighted by molar-refractivity contribution is 5.79. The summed E-state index contributed by atoms with van der Waals surface area (Å²) in [6.07, 6.45) is -2.43. The Morgan fingerprint density at radius 2 is 1.90 bits per heavy atom. The Labute approximate surface area is 115 Å². The standard InChI is InChI=1S/C14H17F3N2O/c15-14(16,17)10-18-8-13(20)19(12-6-7-12)9-11-4-2-1-3-5-11/h1-5,12,18H,6-10H2. The van der Waals surface area contributed by atoms with Crippen molar-refractivity contribution in [3.8, 4) is 0 Å². The molecule has 3 nitrogen and oxygen atoms in total. The fourth-order valence-electron chi connectivity index (χ4n) is 2.00. The van der Waals surface area contributed by atoms with Gasteiger partial charge in [-0.2, -0.15) is 13.2 Å². The zero-order valence-electron chi connectivity index (χ0n) is 11.0. The third kappa shape index (κ3) is 4.85. The third-order valence-electron chi connectivity index (χ3n) is 3.11. The maximum atomic E-state index is 12.0. The van der Waals surface area contributed by atoms with Gasteiger partial charge in [-0.15, -0.1) is 0 Å².